The van der Waals surface area contributed by atoms with E-state index in [1.54, 1.807) is 25.1 Å². The van der Waals surface area contributed by atoms with Crippen molar-refractivity contribution in [3.8, 4) is 11.5 Å². The fraction of sp³-hybridized carbons (Fsp3) is 0.368. The van der Waals surface area contributed by atoms with Crippen LogP contribution < -0.4 is 14.8 Å². The van der Waals surface area contributed by atoms with E-state index in [-0.39, 0.29) is 5.69 Å². The maximum Gasteiger partial charge on any atom is 0.416 e. The van der Waals surface area contributed by atoms with Crippen LogP contribution in [0, 0.1) is 10.1 Å². The first kappa shape index (κ1) is 21.3. The molecule has 152 valence electrons. The van der Waals surface area contributed by atoms with E-state index in [1.165, 1.54) is 0 Å². The molecule has 2 aromatic rings. The largest absolute Gasteiger partial charge is 0.490 e. The molecule has 9 heteroatoms. The molecule has 0 amide bonds. The predicted molar refractivity (Wildman–Crippen MR) is 98.9 cm³/mol. The Kier molecular flexibility index (Phi) is 6.71. The van der Waals surface area contributed by atoms with Crippen LogP contribution >= 0.6 is 0 Å². The zero-order valence-electron chi connectivity index (χ0n) is 15.7. The van der Waals surface area contributed by atoms with Crippen molar-refractivity contribution in [2.45, 2.75) is 33.0 Å². The van der Waals surface area contributed by atoms with Crippen LogP contribution in [-0.2, 0) is 6.18 Å². The summed E-state index contributed by atoms with van der Waals surface area (Å²) >= 11 is 0. The summed E-state index contributed by atoms with van der Waals surface area (Å²) in [5.74, 6) is 1.10. The third-order valence-corrected chi connectivity index (χ3v) is 3.96. The van der Waals surface area contributed by atoms with Crippen molar-refractivity contribution in [2.24, 2.45) is 0 Å². The van der Waals surface area contributed by atoms with Gasteiger partial charge in [-0.1, -0.05) is 6.07 Å². The van der Waals surface area contributed by atoms with Gasteiger partial charge in [-0.25, -0.2) is 0 Å². The second-order valence-electron chi connectivity index (χ2n) is 5.93. The van der Waals surface area contributed by atoms with Crippen molar-refractivity contribution in [1.29, 1.82) is 0 Å². The summed E-state index contributed by atoms with van der Waals surface area (Å²) in [5, 5.41) is 14.1. The van der Waals surface area contributed by atoms with Gasteiger partial charge in [0.25, 0.3) is 5.69 Å². The molecule has 0 radical (unpaired) electrons. The van der Waals surface area contributed by atoms with Crippen molar-refractivity contribution in [3.63, 3.8) is 0 Å². The average molecular weight is 398 g/mol. The number of halogens is 3. The highest BCUT2D eigenvalue weighted by Gasteiger charge is 2.33. The molecule has 0 fully saturated rings. The van der Waals surface area contributed by atoms with Crippen molar-refractivity contribution in [1.82, 2.24) is 0 Å². The zero-order chi connectivity index (χ0) is 20.9. The molecule has 0 saturated heterocycles. The molecular weight excluding hydrogens is 377 g/mol. The van der Waals surface area contributed by atoms with Crippen LogP contribution in [-0.4, -0.2) is 18.1 Å². The van der Waals surface area contributed by atoms with Crippen molar-refractivity contribution in [2.75, 3.05) is 18.5 Å². The summed E-state index contributed by atoms with van der Waals surface area (Å²) in [6.45, 7) is 6.31. The van der Waals surface area contributed by atoms with E-state index in [1.807, 2.05) is 13.8 Å². The highest BCUT2D eigenvalue weighted by Crippen LogP contribution is 2.37. The topological polar surface area (TPSA) is 73.6 Å². The van der Waals surface area contributed by atoms with Crippen molar-refractivity contribution < 1.29 is 27.6 Å². The summed E-state index contributed by atoms with van der Waals surface area (Å²) in [6.07, 6.45) is -4.66. The SMILES string of the molecule is CCOc1ccc(C(C)Nc2ccc(C(F)(F)F)cc2[N+](=O)[O-])cc1OCC. The van der Waals surface area contributed by atoms with E-state index < -0.39 is 28.4 Å². The van der Waals surface area contributed by atoms with Crippen LogP contribution in [0.5, 0.6) is 11.5 Å². The van der Waals surface area contributed by atoms with Gasteiger partial charge in [-0.15, -0.1) is 0 Å². The smallest absolute Gasteiger partial charge is 0.416 e. The fourth-order valence-electron chi connectivity index (χ4n) is 2.63. The third-order valence-electron chi connectivity index (χ3n) is 3.96. The molecule has 1 atom stereocenters. The van der Waals surface area contributed by atoms with Crippen LogP contribution in [0.1, 0.15) is 37.9 Å². The summed E-state index contributed by atoms with van der Waals surface area (Å²) in [5.41, 5.74) is -0.979. The molecule has 1 N–H and O–H groups in total. The second-order valence-corrected chi connectivity index (χ2v) is 5.93. The molecule has 28 heavy (non-hydrogen) atoms. The molecule has 1 unspecified atom stereocenters. The highest BCUT2D eigenvalue weighted by atomic mass is 19.4. The molecular formula is C19H21F3N2O4. The molecule has 0 heterocycles. The van der Waals surface area contributed by atoms with Gasteiger partial charge in [0, 0.05) is 12.1 Å². The second kappa shape index (κ2) is 8.81. The molecule has 0 saturated carbocycles. The first-order valence-corrected chi connectivity index (χ1v) is 8.69. The van der Waals surface area contributed by atoms with Gasteiger partial charge in [-0.05, 0) is 50.6 Å². The monoisotopic (exact) mass is 398 g/mol. The summed E-state index contributed by atoms with van der Waals surface area (Å²) in [4.78, 5) is 10.4. The Balaban J connectivity index is 2.32. The predicted octanol–water partition coefficient (Wildman–Crippen LogP) is 5.58. The van der Waals surface area contributed by atoms with E-state index in [4.69, 9.17) is 9.47 Å². The quantitative estimate of drug-likeness (QED) is 0.464. The number of ether oxygens (including phenoxy) is 2. The maximum atomic E-state index is 12.8. The van der Waals surface area contributed by atoms with Crippen LogP contribution in [0.25, 0.3) is 0 Å². The third kappa shape index (κ3) is 5.05. The van der Waals surface area contributed by atoms with Crippen LogP contribution in [0.4, 0.5) is 24.5 Å². The number of rotatable bonds is 8. The minimum Gasteiger partial charge on any atom is -0.490 e. The number of benzene rings is 2. The fourth-order valence-corrected chi connectivity index (χ4v) is 2.63. The van der Waals surface area contributed by atoms with Crippen LogP contribution in [0.15, 0.2) is 36.4 Å². The van der Waals surface area contributed by atoms with E-state index in [0.29, 0.717) is 30.8 Å². The molecule has 0 bridgehead atoms. The molecule has 6 nitrogen and oxygen atoms in total. The Hall–Kier alpha value is -2.97. The van der Waals surface area contributed by atoms with Gasteiger partial charge < -0.3 is 14.8 Å². The Bertz CT molecular complexity index is 840. The molecule has 2 rings (SSSR count). The lowest BCUT2D eigenvalue weighted by atomic mass is 10.1. The number of nitro benzene ring substituents is 1. The van der Waals surface area contributed by atoms with Crippen molar-refractivity contribution in [3.05, 3.63) is 57.6 Å². The number of nitrogens with one attached hydrogen (secondary N) is 1. The number of hydrogen-bond acceptors (Lipinski definition) is 5. The Morgan fingerprint density at radius 1 is 1.07 bits per heavy atom. The first-order valence-electron chi connectivity index (χ1n) is 8.69. The highest BCUT2D eigenvalue weighted by molar-refractivity contribution is 5.64. The van der Waals surface area contributed by atoms with Gasteiger partial charge in [0.1, 0.15) is 5.69 Å². The zero-order valence-corrected chi connectivity index (χ0v) is 15.7. The van der Waals surface area contributed by atoms with E-state index >= 15 is 0 Å². The first-order chi connectivity index (χ1) is 13.2. The summed E-state index contributed by atoms with van der Waals surface area (Å²) < 4.78 is 49.6. The Labute approximate surface area is 160 Å². The van der Waals surface area contributed by atoms with Crippen LogP contribution in [0.3, 0.4) is 0 Å². The van der Waals surface area contributed by atoms with Gasteiger partial charge in [0.2, 0.25) is 0 Å². The lowest BCUT2D eigenvalue weighted by Crippen LogP contribution is -2.11. The van der Waals surface area contributed by atoms with E-state index in [9.17, 15) is 23.3 Å². The Morgan fingerprint density at radius 2 is 1.71 bits per heavy atom. The lowest BCUT2D eigenvalue weighted by molar-refractivity contribution is -0.384. The number of anilines is 1. The molecule has 0 aliphatic rings. The van der Waals surface area contributed by atoms with Gasteiger partial charge in [-0.2, -0.15) is 13.2 Å². The lowest BCUT2D eigenvalue weighted by Gasteiger charge is -2.19. The summed E-state index contributed by atoms with van der Waals surface area (Å²) in [6, 6.07) is 7.21. The van der Waals surface area contributed by atoms with Gasteiger partial charge in [0.05, 0.1) is 23.7 Å². The summed E-state index contributed by atoms with van der Waals surface area (Å²) in [7, 11) is 0. The average Bonchev–Trinajstić information content (AvgIpc) is 2.62. The molecule has 2 aromatic carbocycles. The minimum absolute atomic E-state index is 0.00246. The van der Waals surface area contributed by atoms with Gasteiger partial charge in [0.15, 0.2) is 11.5 Å². The van der Waals surface area contributed by atoms with Crippen molar-refractivity contribution >= 4 is 11.4 Å². The van der Waals surface area contributed by atoms with Gasteiger partial charge in [-0.3, -0.25) is 10.1 Å². The normalized spacial score (nSPS) is 12.4. The number of hydrogen-bond donors (Lipinski definition) is 1. The van der Waals surface area contributed by atoms with Gasteiger partial charge >= 0.3 is 6.18 Å². The van der Waals surface area contributed by atoms with E-state index in [0.717, 1.165) is 17.7 Å². The standard InChI is InChI=1S/C19H21F3N2O4/c1-4-27-17-9-6-13(10-18(17)28-5-2)12(3)23-15-8-7-14(19(20,21)22)11-16(15)24(25)26/h6-12,23H,4-5H2,1-3H3. The number of nitro groups is 1. The minimum atomic E-state index is -4.66. The maximum absolute atomic E-state index is 12.8. The number of nitrogens with zero attached hydrogens (tertiary/aromatic N) is 1. The van der Waals surface area contributed by atoms with Crippen LogP contribution in [0.2, 0.25) is 0 Å². The number of alkyl halides is 3. The Morgan fingerprint density at radius 3 is 2.29 bits per heavy atom. The molecule has 0 aromatic heterocycles. The molecule has 0 spiro atoms. The molecule has 0 aliphatic heterocycles. The molecule has 0 aliphatic carbocycles. The van der Waals surface area contributed by atoms with E-state index in [2.05, 4.69) is 5.32 Å².